The van der Waals surface area contributed by atoms with Crippen LogP contribution in [0.2, 0.25) is 0 Å². The van der Waals surface area contributed by atoms with Gasteiger partial charge in [-0.05, 0) is 53.9 Å². The lowest BCUT2D eigenvalue weighted by Crippen LogP contribution is -2.46. The minimum atomic E-state index is -3.53. The lowest BCUT2D eigenvalue weighted by molar-refractivity contribution is 0.0923. The molecule has 0 bridgehead atoms. The van der Waals surface area contributed by atoms with Gasteiger partial charge in [-0.3, -0.25) is 19.0 Å². The topological polar surface area (TPSA) is 227 Å². The highest BCUT2D eigenvalue weighted by Crippen LogP contribution is 2.22. The Balaban J connectivity index is 0.000000172. The number of pyridine rings is 1. The van der Waals surface area contributed by atoms with E-state index in [1.807, 2.05) is 0 Å². The van der Waals surface area contributed by atoms with Crippen molar-refractivity contribution in [3.8, 4) is 0 Å². The van der Waals surface area contributed by atoms with Gasteiger partial charge in [0.05, 0.1) is 21.6 Å². The molecule has 2 aliphatic rings. The zero-order valence-corrected chi connectivity index (χ0v) is 31.7. The molecule has 0 saturated carbocycles. The number of aromatic nitrogens is 4. The second kappa shape index (κ2) is 16.7. The number of rotatable bonds is 10. The van der Waals surface area contributed by atoms with Gasteiger partial charge in [-0.2, -0.15) is 8.61 Å². The zero-order valence-electron chi connectivity index (χ0n) is 30.1. The molecular formula is C37H40N10O7S2. The van der Waals surface area contributed by atoms with E-state index in [0.717, 1.165) is 16.5 Å². The molecule has 2 amide bonds. The van der Waals surface area contributed by atoms with Crippen molar-refractivity contribution >= 4 is 48.6 Å². The summed E-state index contributed by atoms with van der Waals surface area (Å²) in [5.74, 6) is 0.118. The van der Waals surface area contributed by atoms with Gasteiger partial charge < -0.3 is 26.1 Å². The first-order chi connectivity index (χ1) is 27.0. The fourth-order valence-corrected chi connectivity index (χ4v) is 9.15. The minimum Gasteiger partial charge on any atom is -0.449 e. The van der Waals surface area contributed by atoms with E-state index >= 15 is 0 Å². The molecule has 5 N–H and O–H groups in total. The summed E-state index contributed by atoms with van der Waals surface area (Å²) in [4.78, 5) is 37.2. The first-order valence-corrected chi connectivity index (χ1v) is 20.7. The van der Waals surface area contributed by atoms with Gasteiger partial charge in [0.25, 0.3) is 11.8 Å². The van der Waals surface area contributed by atoms with Crippen molar-refractivity contribution in [3.63, 3.8) is 0 Å². The molecule has 2 fully saturated rings. The molecule has 0 spiro atoms. The van der Waals surface area contributed by atoms with Crippen molar-refractivity contribution in [1.82, 2.24) is 43.9 Å². The molecule has 292 valence electrons. The van der Waals surface area contributed by atoms with Gasteiger partial charge in [0.15, 0.2) is 11.3 Å². The first-order valence-electron chi connectivity index (χ1n) is 17.8. The summed E-state index contributed by atoms with van der Waals surface area (Å²) in [6, 6.07) is 16.4. The summed E-state index contributed by atoms with van der Waals surface area (Å²) in [5, 5.41) is 9.53. The average Bonchev–Trinajstić information content (AvgIpc) is 4.00. The van der Waals surface area contributed by atoms with Crippen LogP contribution in [0, 0.1) is 0 Å². The van der Waals surface area contributed by atoms with Gasteiger partial charge in [-0.1, -0.05) is 24.3 Å². The van der Waals surface area contributed by atoms with Crippen molar-refractivity contribution < 1.29 is 30.8 Å². The molecule has 8 rings (SSSR count). The molecule has 17 nitrogen and oxygen atoms in total. The highest BCUT2D eigenvalue weighted by Gasteiger charge is 2.31. The molecular weight excluding hydrogens is 761 g/mol. The maximum Gasteiger partial charge on any atom is 0.287 e. The fourth-order valence-electron chi connectivity index (χ4n) is 6.20. The van der Waals surface area contributed by atoms with Crippen LogP contribution in [0.25, 0.3) is 16.7 Å². The Hall–Kier alpha value is -5.57. The molecule has 2 saturated heterocycles. The average molecular weight is 801 g/mol. The summed E-state index contributed by atoms with van der Waals surface area (Å²) >= 11 is 0. The predicted octanol–water partition coefficient (Wildman–Crippen LogP) is 1.73. The fraction of sp³-hybridized carbons (Fsp3) is 0.270. The maximum absolute atomic E-state index is 12.6. The monoisotopic (exact) mass is 800 g/mol. The molecule has 6 heterocycles. The molecule has 2 aliphatic heterocycles. The number of amides is 2. The number of sulfonamides is 2. The van der Waals surface area contributed by atoms with Gasteiger partial charge in [-0.15, -0.1) is 0 Å². The molecule has 6 aromatic rings. The van der Waals surface area contributed by atoms with Crippen LogP contribution in [0.5, 0.6) is 0 Å². The SMILES string of the molecule is NC1CCN(S(=O)(=O)c2ccc(CNC(=O)c3cnc4nccn4c3)cc2)C1.O=C(NCc1ccc(S(=O)(=O)N2CCNCC2)cc1)c1cc2ccncc2o1. The highest BCUT2D eigenvalue weighted by molar-refractivity contribution is 7.89. The highest BCUT2D eigenvalue weighted by atomic mass is 32.2. The molecule has 2 aromatic carbocycles. The Labute approximate surface area is 323 Å². The van der Waals surface area contributed by atoms with Gasteiger partial charge >= 0.3 is 0 Å². The molecule has 0 aliphatic carbocycles. The third-order valence-electron chi connectivity index (χ3n) is 9.35. The third-order valence-corrected chi connectivity index (χ3v) is 13.1. The Bertz CT molecular complexity index is 2430. The van der Waals surface area contributed by atoms with E-state index in [-0.39, 0.29) is 46.5 Å². The second-order valence-corrected chi connectivity index (χ2v) is 17.1. The van der Waals surface area contributed by atoms with Gasteiger partial charge in [0.1, 0.15) is 0 Å². The van der Waals surface area contributed by atoms with Crippen LogP contribution in [0.4, 0.5) is 0 Å². The lowest BCUT2D eigenvalue weighted by Gasteiger charge is -2.26. The van der Waals surface area contributed by atoms with Crippen molar-refractivity contribution in [2.75, 3.05) is 39.3 Å². The Kier molecular flexibility index (Phi) is 11.5. The van der Waals surface area contributed by atoms with Crippen molar-refractivity contribution in [1.29, 1.82) is 0 Å². The summed E-state index contributed by atoms with van der Waals surface area (Å²) in [5.41, 5.74) is 8.36. The first kappa shape index (κ1) is 38.7. The largest absolute Gasteiger partial charge is 0.449 e. The normalized spacial score (nSPS) is 16.7. The van der Waals surface area contributed by atoms with E-state index < -0.39 is 20.0 Å². The Morgan fingerprint density at radius 2 is 1.45 bits per heavy atom. The number of benzene rings is 2. The second-order valence-electron chi connectivity index (χ2n) is 13.2. The van der Waals surface area contributed by atoms with Gasteiger partial charge in [0, 0.05) is 94.8 Å². The third kappa shape index (κ3) is 8.77. The summed E-state index contributed by atoms with van der Waals surface area (Å²) in [7, 11) is -7.01. The van der Waals surface area contributed by atoms with Gasteiger partial charge in [-0.25, -0.2) is 26.8 Å². The van der Waals surface area contributed by atoms with Crippen LogP contribution in [0.1, 0.15) is 38.5 Å². The van der Waals surface area contributed by atoms with Crippen molar-refractivity contribution in [2.24, 2.45) is 5.73 Å². The van der Waals surface area contributed by atoms with Gasteiger partial charge in [0.2, 0.25) is 25.8 Å². The number of carbonyl (C=O) groups excluding carboxylic acids is 2. The number of fused-ring (bicyclic) bond motifs is 2. The quantitative estimate of drug-likeness (QED) is 0.155. The van der Waals surface area contributed by atoms with Crippen molar-refractivity contribution in [3.05, 3.63) is 120 Å². The number of nitrogens with two attached hydrogens (primary N) is 1. The zero-order chi connectivity index (χ0) is 39.3. The predicted molar refractivity (Wildman–Crippen MR) is 205 cm³/mol. The van der Waals surface area contributed by atoms with Crippen LogP contribution in [-0.2, 0) is 33.1 Å². The summed E-state index contributed by atoms with van der Waals surface area (Å²) < 4.78 is 60.6. The number of hydrogen-bond acceptors (Lipinski definition) is 12. The number of nitrogens with zero attached hydrogens (tertiary/aromatic N) is 6. The standard InChI is InChI=1S/C19H20N4O4S.C18H20N6O3S/c24-19(17-11-15-5-6-21-13-18(15)27-17)22-12-14-1-3-16(4-2-14)28(25,26)23-9-7-20-8-10-23;19-15-5-7-24(12-15)28(26,27)16-3-1-13(2-4-16)9-21-17(25)14-10-22-18-20-6-8-23(18)11-14/h1-6,11,13,20H,7-10,12H2,(H,22,24);1-4,6,8,10-11,15H,5,7,9,12,19H2,(H,21,25). The number of piperazine rings is 1. The van der Waals surface area contributed by atoms with Crippen LogP contribution in [-0.4, -0.2) is 102 Å². The smallest absolute Gasteiger partial charge is 0.287 e. The maximum atomic E-state index is 12.6. The van der Waals surface area contributed by atoms with Crippen LogP contribution >= 0.6 is 0 Å². The molecule has 1 unspecified atom stereocenters. The molecule has 4 aromatic heterocycles. The summed E-state index contributed by atoms with van der Waals surface area (Å²) in [6.07, 6.45) is 10.3. The lowest BCUT2D eigenvalue weighted by atomic mass is 10.2. The van der Waals surface area contributed by atoms with E-state index in [1.54, 1.807) is 96.0 Å². The summed E-state index contributed by atoms with van der Waals surface area (Å²) in [6.45, 7) is 3.56. The molecule has 56 heavy (non-hydrogen) atoms. The number of nitrogens with one attached hydrogen (secondary N) is 3. The number of carbonyl (C=O) groups is 2. The van der Waals surface area contributed by atoms with E-state index in [4.69, 9.17) is 10.2 Å². The number of furan rings is 1. The van der Waals surface area contributed by atoms with Crippen LogP contribution in [0.15, 0.2) is 112 Å². The van der Waals surface area contributed by atoms with E-state index in [0.29, 0.717) is 62.6 Å². The number of imidazole rings is 1. The van der Waals surface area contributed by atoms with E-state index in [1.165, 1.54) is 14.8 Å². The van der Waals surface area contributed by atoms with Crippen LogP contribution in [0.3, 0.4) is 0 Å². The molecule has 1 atom stereocenters. The molecule has 19 heteroatoms. The van der Waals surface area contributed by atoms with E-state index in [2.05, 4.69) is 30.9 Å². The Morgan fingerprint density at radius 1 is 0.804 bits per heavy atom. The molecule has 0 radical (unpaired) electrons. The van der Waals surface area contributed by atoms with Crippen LogP contribution < -0.4 is 21.7 Å². The number of hydrogen-bond donors (Lipinski definition) is 4. The minimum absolute atomic E-state index is 0.111. The van der Waals surface area contributed by atoms with E-state index in [9.17, 15) is 26.4 Å². The Morgan fingerprint density at radius 3 is 2.07 bits per heavy atom. The van der Waals surface area contributed by atoms with Crippen molar-refractivity contribution in [2.45, 2.75) is 35.3 Å².